The van der Waals surface area contributed by atoms with Crippen LogP contribution in [0.5, 0.6) is 0 Å². The molecule has 64 valence electrons. The Hall–Kier alpha value is 0.630. The molecule has 0 radical (unpaired) electrons. The van der Waals surface area contributed by atoms with Crippen molar-refractivity contribution in [3.63, 3.8) is 0 Å². The van der Waals surface area contributed by atoms with Gasteiger partial charge in [-0.15, -0.1) is 0 Å². The van der Waals surface area contributed by atoms with Gasteiger partial charge in [-0.2, -0.15) is 7.19 Å². The molecular formula is C3H3Br2CaN3O3. The van der Waals surface area contributed by atoms with E-state index in [1.54, 1.807) is 0 Å². The molecule has 6 nitrogen and oxygen atoms in total. The predicted octanol–water partition coefficient (Wildman–Crippen LogP) is -1.14. The van der Waals surface area contributed by atoms with E-state index in [9.17, 15) is 14.4 Å². The van der Waals surface area contributed by atoms with Crippen LogP contribution in [0.3, 0.4) is 0 Å². The fraction of sp³-hybridized carbons (Fsp3) is 0. The zero-order valence-corrected chi connectivity index (χ0v) is 11.0. The van der Waals surface area contributed by atoms with Gasteiger partial charge in [0.15, 0.2) is 0 Å². The maximum atomic E-state index is 10.8. The topological polar surface area (TPSA) is 76.9 Å². The first kappa shape index (κ1) is 12.6. The van der Waals surface area contributed by atoms with Gasteiger partial charge in [-0.05, 0) is 0 Å². The van der Waals surface area contributed by atoms with E-state index in [1.807, 2.05) is 4.98 Å². The van der Waals surface area contributed by atoms with E-state index in [0.29, 0.717) is 7.19 Å². The molecule has 12 heavy (non-hydrogen) atoms. The molecule has 0 saturated carbocycles. The number of hydrogen-bond acceptors (Lipinski definition) is 3. The van der Waals surface area contributed by atoms with Crippen LogP contribution in [0.15, 0.2) is 14.4 Å². The molecule has 0 unspecified atom stereocenters. The van der Waals surface area contributed by atoms with Gasteiger partial charge in [-0.3, -0.25) is 4.98 Å². The average molecular weight is 329 g/mol. The van der Waals surface area contributed by atoms with E-state index in [4.69, 9.17) is 0 Å². The molecule has 1 N–H and O–H groups in total. The fourth-order valence-electron chi connectivity index (χ4n) is 0.440. The molecule has 1 heterocycles. The second kappa shape index (κ2) is 4.75. The quantitative estimate of drug-likeness (QED) is 0.611. The minimum absolute atomic E-state index is 0. The van der Waals surface area contributed by atoms with E-state index in [2.05, 4.69) is 32.3 Å². The number of rotatable bonds is 0. The summed E-state index contributed by atoms with van der Waals surface area (Å²) in [5, 5.41) is 0. The van der Waals surface area contributed by atoms with Crippen molar-refractivity contribution in [3.8, 4) is 0 Å². The van der Waals surface area contributed by atoms with Crippen molar-refractivity contribution >= 4 is 70.0 Å². The third-order valence-electron chi connectivity index (χ3n) is 0.906. The van der Waals surface area contributed by atoms with Crippen molar-refractivity contribution in [1.82, 2.24) is 12.2 Å². The number of nitrogens with one attached hydrogen (secondary N) is 1. The van der Waals surface area contributed by atoms with Crippen molar-refractivity contribution < 1.29 is 2.85 Å². The van der Waals surface area contributed by atoms with E-state index in [1.165, 1.54) is 0 Å². The molecule has 1 rings (SSSR count). The van der Waals surface area contributed by atoms with Crippen LogP contribution in [0.1, 0.15) is 2.85 Å². The molecule has 0 amide bonds. The van der Waals surface area contributed by atoms with Gasteiger partial charge < -0.3 is 2.85 Å². The Morgan fingerprint density at radius 3 is 1.75 bits per heavy atom. The van der Waals surface area contributed by atoms with Crippen LogP contribution >= 0.6 is 32.3 Å². The van der Waals surface area contributed by atoms with E-state index < -0.39 is 17.1 Å². The first-order valence-corrected chi connectivity index (χ1v) is 3.76. The number of nitrogens with zero attached hydrogens (tertiary/aromatic N) is 2. The van der Waals surface area contributed by atoms with Gasteiger partial charge in [0.25, 0.3) is 0 Å². The summed E-state index contributed by atoms with van der Waals surface area (Å²) in [6.45, 7) is 0. The summed E-state index contributed by atoms with van der Waals surface area (Å²) >= 11 is 5.27. The summed E-state index contributed by atoms with van der Waals surface area (Å²) in [6, 6.07) is 0. The maximum absolute atomic E-state index is 10.8. The van der Waals surface area contributed by atoms with Gasteiger partial charge >= 0.3 is 54.8 Å². The largest absolute Gasteiger partial charge is 2.00 e. The van der Waals surface area contributed by atoms with Crippen LogP contribution in [-0.4, -0.2) is 49.9 Å². The Morgan fingerprint density at radius 1 is 1.08 bits per heavy atom. The van der Waals surface area contributed by atoms with Crippen molar-refractivity contribution in [1.29, 1.82) is 0 Å². The Balaban J connectivity index is -0.000000403. The summed E-state index contributed by atoms with van der Waals surface area (Å²) in [7, 11) is 0. The minimum Gasteiger partial charge on any atom is -1.00 e. The predicted molar refractivity (Wildman–Crippen MR) is 52.2 cm³/mol. The zero-order chi connectivity index (χ0) is 8.59. The van der Waals surface area contributed by atoms with Crippen LogP contribution in [0.25, 0.3) is 0 Å². The molecule has 0 aliphatic carbocycles. The molecule has 1 aromatic heterocycles. The molecule has 0 aliphatic rings. The Kier molecular flexibility index (Phi) is 5.00. The van der Waals surface area contributed by atoms with Crippen LogP contribution in [0, 0.1) is 0 Å². The Bertz CT molecular complexity index is 416. The zero-order valence-electron chi connectivity index (χ0n) is 7.58. The number of H-pyrrole nitrogens is 1. The summed E-state index contributed by atoms with van der Waals surface area (Å²) in [5.74, 6) is 0. The molecule has 0 aliphatic heterocycles. The number of aromatic amines is 1. The summed E-state index contributed by atoms with van der Waals surface area (Å²) in [6.07, 6.45) is 0. The van der Waals surface area contributed by atoms with Crippen LogP contribution in [0.2, 0.25) is 0 Å². The minimum atomic E-state index is -0.810. The smallest absolute Gasteiger partial charge is 1.00 e. The molecule has 1 aromatic rings. The second-order valence-corrected chi connectivity index (χ2v) is 3.00. The third kappa shape index (κ3) is 2.32. The summed E-state index contributed by atoms with van der Waals surface area (Å²) in [4.78, 5) is 34.0. The molecule has 0 aromatic carbocycles. The fourth-order valence-corrected chi connectivity index (χ4v) is 1.15. The summed E-state index contributed by atoms with van der Waals surface area (Å²) < 4.78 is 1.17. The molecule has 0 spiro atoms. The average Bonchev–Trinajstić information content (AvgIpc) is 1.97. The van der Waals surface area contributed by atoms with Gasteiger partial charge in [-0.25, -0.2) is 14.4 Å². The van der Waals surface area contributed by atoms with Crippen LogP contribution in [0.4, 0.5) is 0 Å². The molecule has 0 fully saturated rings. The van der Waals surface area contributed by atoms with Crippen LogP contribution < -0.4 is 17.1 Å². The maximum Gasteiger partial charge on any atom is 2.00 e. The molecule has 0 saturated heterocycles. The Morgan fingerprint density at radius 2 is 1.42 bits per heavy atom. The van der Waals surface area contributed by atoms with Crippen molar-refractivity contribution in [3.05, 3.63) is 31.5 Å². The van der Waals surface area contributed by atoms with Crippen LogP contribution in [-0.2, 0) is 0 Å². The van der Waals surface area contributed by atoms with E-state index >= 15 is 0 Å². The second-order valence-electron chi connectivity index (χ2n) is 1.58. The van der Waals surface area contributed by atoms with Gasteiger partial charge in [0.05, 0.1) is 32.3 Å². The number of halogens is 2. The monoisotopic (exact) mass is 327 g/mol. The van der Waals surface area contributed by atoms with Gasteiger partial charge in [0.1, 0.15) is 0 Å². The standard InChI is InChI=1S/C3HBr2N3O3.Ca.2H/c4-7-1(9)6-2(10)8(5)3(7)11;;;/h(H,6,9,10);;;/q;+2;2*-1. The molecule has 0 atom stereocenters. The Labute approximate surface area is 115 Å². The SMILES string of the molecule is O=c1[nH]c(=O)n(Br)c(=O)n1Br.[Ca+2].[H-].[H-]. The van der Waals surface area contributed by atoms with Gasteiger partial charge in [0.2, 0.25) is 0 Å². The van der Waals surface area contributed by atoms with Crippen molar-refractivity contribution in [2.24, 2.45) is 0 Å². The summed E-state index contributed by atoms with van der Waals surface area (Å²) in [5.41, 5.74) is -2.41. The molecule has 0 bridgehead atoms. The van der Waals surface area contributed by atoms with E-state index in [0.717, 1.165) is 0 Å². The van der Waals surface area contributed by atoms with Crippen molar-refractivity contribution in [2.75, 3.05) is 0 Å². The third-order valence-corrected chi connectivity index (χ3v) is 2.16. The first-order valence-electron chi connectivity index (χ1n) is 2.34. The normalized spacial score (nSPS) is 9.17. The number of aromatic nitrogens is 3. The molecule has 9 heteroatoms. The number of hydrogen-bond donors (Lipinski definition) is 1. The van der Waals surface area contributed by atoms with Gasteiger partial charge in [0, 0.05) is 0 Å². The van der Waals surface area contributed by atoms with E-state index in [-0.39, 0.29) is 40.6 Å². The van der Waals surface area contributed by atoms with Gasteiger partial charge in [-0.1, -0.05) is 0 Å². The van der Waals surface area contributed by atoms with Crippen molar-refractivity contribution in [2.45, 2.75) is 0 Å². The first-order chi connectivity index (χ1) is 5.04. The molecular weight excluding hydrogens is 326 g/mol.